The second-order valence-corrected chi connectivity index (χ2v) is 5.11. The maximum Gasteiger partial charge on any atom is 0.185 e. The molecule has 0 radical (unpaired) electrons. The lowest BCUT2D eigenvalue weighted by Crippen LogP contribution is -2.13. The number of nitriles is 1. The highest BCUT2D eigenvalue weighted by atomic mass is 79.9. The predicted octanol–water partition coefficient (Wildman–Crippen LogP) is 4.36. The van der Waals surface area contributed by atoms with E-state index in [-0.39, 0.29) is 11.1 Å². The summed E-state index contributed by atoms with van der Waals surface area (Å²) in [6.45, 7) is 0. The topological polar surface area (TPSA) is 40.9 Å². The van der Waals surface area contributed by atoms with E-state index in [4.69, 9.17) is 5.26 Å². The Morgan fingerprint density at radius 2 is 1.67 bits per heavy atom. The summed E-state index contributed by atoms with van der Waals surface area (Å²) in [7, 11) is 0. The fraction of sp³-hybridized carbons (Fsp3) is 0.0667. The Bertz CT molecular complexity index is 735. The van der Waals surface area contributed by atoms with Gasteiger partial charge in [0.2, 0.25) is 0 Å². The summed E-state index contributed by atoms with van der Waals surface area (Å²) in [5.41, 5.74) is -0.178. The Balaban J connectivity index is 2.48. The molecule has 2 aromatic rings. The normalized spacial score (nSPS) is 11.8. The zero-order chi connectivity index (χ0) is 15.6. The van der Waals surface area contributed by atoms with Gasteiger partial charge in [-0.2, -0.15) is 5.26 Å². The van der Waals surface area contributed by atoms with E-state index in [9.17, 15) is 18.0 Å². The van der Waals surface area contributed by atoms with E-state index < -0.39 is 29.2 Å². The van der Waals surface area contributed by atoms with Crippen LogP contribution in [0.1, 0.15) is 21.8 Å². The molecule has 0 amide bonds. The number of carbonyl (C=O) groups is 1. The monoisotopic (exact) mass is 353 g/mol. The Morgan fingerprint density at radius 3 is 2.24 bits per heavy atom. The van der Waals surface area contributed by atoms with Gasteiger partial charge in [0.05, 0.1) is 6.07 Å². The van der Waals surface area contributed by atoms with Gasteiger partial charge in [0.1, 0.15) is 23.4 Å². The second kappa shape index (κ2) is 6.10. The van der Waals surface area contributed by atoms with E-state index in [0.717, 1.165) is 24.3 Å². The van der Waals surface area contributed by atoms with Crippen molar-refractivity contribution in [1.82, 2.24) is 0 Å². The first-order valence-corrected chi connectivity index (χ1v) is 6.56. The van der Waals surface area contributed by atoms with Crippen LogP contribution in [-0.2, 0) is 0 Å². The standard InChI is InChI=1S/C15H7BrF3NO/c16-14-2-1-9(17)6-12(14)15(21)13(7-20)8-3-10(18)5-11(19)4-8/h1-6,13H. The quantitative estimate of drug-likeness (QED) is 0.769. The lowest BCUT2D eigenvalue weighted by molar-refractivity contribution is 0.0977. The van der Waals surface area contributed by atoms with Crippen LogP contribution in [0.4, 0.5) is 13.2 Å². The maximum absolute atomic E-state index is 13.2. The molecule has 0 bridgehead atoms. The van der Waals surface area contributed by atoms with E-state index in [2.05, 4.69) is 15.9 Å². The van der Waals surface area contributed by atoms with Crippen LogP contribution in [-0.4, -0.2) is 5.78 Å². The van der Waals surface area contributed by atoms with Gasteiger partial charge >= 0.3 is 0 Å². The van der Waals surface area contributed by atoms with Gasteiger partial charge in [-0.25, -0.2) is 13.2 Å². The first-order valence-electron chi connectivity index (χ1n) is 5.77. The Labute approximate surface area is 127 Å². The predicted molar refractivity (Wildman–Crippen MR) is 73.1 cm³/mol. The molecule has 0 fully saturated rings. The number of rotatable bonds is 3. The average molecular weight is 354 g/mol. The lowest BCUT2D eigenvalue weighted by Gasteiger charge is -2.10. The number of benzene rings is 2. The first kappa shape index (κ1) is 15.3. The van der Waals surface area contributed by atoms with Gasteiger partial charge in [-0.3, -0.25) is 4.79 Å². The van der Waals surface area contributed by atoms with Crippen molar-refractivity contribution in [3.05, 3.63) is 69.4 Å². The molecule has 0 saturated heterocycles. The van der Waals surface area contributed by atoms with Gasteiger partial charge in [-0.15, -0.1) is 0 Å². The molecule has 106 valence electrons. The first-order chi connectivity index (χ1) is 9.92. The molecular formula is C15H7BrF3NO. The van der Waals surface area contributed by atoms with Crippen LogP contribution in [0.15, 0.2) is 40.9 Å². The zero-order valence-electron chi connectivity index (χ0n) is 10.4. The molecule has 0 spiro atoms. The molecule has 0 aliphatic carbocycles. The molecule has 0 heterocycles. The van der Waals surface area contributed by atoms with Crippen LogP contribution >= 0.6 is 15.9 Å². The number of Topliss-reactive ketones (excluding diaryl/α,β-unsaturated/α-hetero) is 1. The molecule has 2 rings (SSSR count). The van der Waals surface area contributed by atoms with Crippen LogP contribution in [0.3, 0.4) is 0 Å². The van der Waals surface area contributed by atoms with Crippen LogP contribution in [0, 0.1) is 28.8 Å². The number of nitrogens with zero attached hydrogens (tertiary/aromatic N) is 1. The molecular weight excluding hydrogens is 347 g/mol. The highest BCUT2D eigenvalue weighted by Crippen LogP contribution is 2.27. The summed E-state index contributed by atoms with van der Waals surface area (Å²) < 4.78 is 39.9. The van der Waals surface area contributed by atoms with Gasteiger partial charge in [-0.1, -0.05) is 15.9 Å². The summed E-state index contributed by atoms with van der Waals surface area (Å²) in [5.74, 6) is -4.60. The van der Waals surface area contributed by atoms with E-state index in [1.165, 1.54) is 6.07 Å². The summed E-state index contributed by atoms with van der Waals surface area (Å²) in [5, 5.41) is 9.13. The third-order valence-corrected chi connectivity index (χ3v) is 3.49. The molecule has 1 atom stereocenters. The molecule has 0 aliphatic rings. The van der Waals surface area contributed by atoms with Crippen molar-refractivity contribution in [3.8, 4) is 6.07 Å². The SMILES string of the molecule is N#CC(C(=O)c1cc(F)ccc1Br)c1cc(F)cc(F)c1. The molecule has 2 aromatic carbocycles. The fourth-order valence-electron chi connectivity index (χ4n) is 1.87. The van der Waals surface area contributed by atoms with Crippen molar-refractivity contribution in [2.75, 3.05) is 0 Å². The third-order valence-electron chi connectivity index (χ3n) is 2.80. The minimum Gasteiger partial charge on any atom is -0.292 e. The lowest BCUT2D eigenvalue weighted by atomic mass is 9.91. The van der Waals surface area contributed by atoms with Gasteiger partial charge in [0.15, 0.2) is 5.78 Å². The van der Waals surface area contributed by atoms with Crippen molar-refractivity contribution < 1.29 is 18.0 Å². The van der Waals surface area contributed by atoms with E-state index >= 15 is 0 Å². The highest BCUT2D eigenvalue weighted by Gasteiger charge is 2.25. The second-order valence-electron chi connectivity index (χ2n) is 4.25. The molecule has 0 aromatic heterocycles. The highest BCUT2D eigenvalue weighted by molar-refractivity contribution is 9.10. The van der Waals surface area contributed by atoms with Crippen molar-refractivity contribution in [2.24, 2.45) is 0 Å². The van der Waals surface area contributed by atoms with Gasteiger partial charge < -0.3 is 0 Å². The Hall–Kier alpha value is -2.13. The summed E-state index contributed by atoms with van der Waals surface area (Å²) in [6, 6.07) is 7.57. The van der Waals surface area contributed by atoms with E-state index in [0.29, 0.717) is 10.5 Å². The third kappa shape index (κ3) is 3.31. The van der Waals surface area contributed by atoms with Crippen molar-refractivity contribution >= 4 is 21.7 Å². The van der Waals surface area contributed by atoms with Crippen molar-refractivity contribution in [2.45, 2.75) is 5.92 Å². The molecule has 1 unspecified atom stereocenters. The summed E-state index contributed by atoms with van der Waals surface area (Å²) >= 11 is 3.08. The number of carbonyl (C=O) groups excluding carboxylic acids is 1. The number of halogens is 4. The molecule has 0 saturated carbocycles. The smallest absolute Gasteiger partial charge is 0.185 e. The Morgan fingerprint density at radius 1 is 1.05 bits per heavy atom. The Kier molecular flexibility index (Phi) is 4.43. The summed E-state index contributed by atoms with van der Waals surface area (Å²) in [4.78, 5) is 12.3. The van der Waals surface area contributed by atoms with Crippen LogP contribution < -0.4 is 0 Å². The van der Waals surface area contributed by atoms with Crippen molar-refractivity contribution in [1.29, 1.82) is 5.26 Å². The van der Waals surface area contributed by atoms with E-state index in [1.54, 1.807) is 6.07 Å². The average Bonchev–Trinajstić information content (AvgIpc) is 2.41. The maximum atomic E-state index is 13.2. The minimum absolute atomic E-state index is 0.0637. The van der Waals surface area contributed by atoms with E-state index in [1.807, 2.05) is 0 Å². The van der Waals surface area contributed by atoms with Crippen LogP contribution in [0.25, 0.3) is 0 Å². The molecule has 21 heavy (non-hydrogen) atoms. The molecule has 6 heteroatoms. The molecule has 0 aliphatic heterocycles. The van der Waals surface area contributed by atoms with Crippen LogP contribution in [0.2, 0.25) is 0 Å². The number of ketones is 1. The number of hydrogen-bond donors (Lipinski definition) is 0. The molecule has 2 nitrogen and oxygen atoms in total. The minimum atomic E-state index is -1.42. The van der Waals surface area contributed by atoms with Crippen LogP contribution in [0.5, 0.6) is 0 Å². The fourth-order valence-corrected chi connectivity index (χ4v) is 2.31. The van der Waals surface area contributed by atoms with Crippen molar-refractivity contribution in [3.63, 3.8) is 0 Å². The molecule has 0 N–H and O–H groups in total. The van der Waals surface area contributed by atoms with Gasteiger partial charge in [0.25, 0.3) is 0 Å². The largest absolute Gasteiger partial charge is 0.292 e. The number of hydrogen-bond acceptors (Lipinski definition) is 2. The van der Waals surface area contributed by atoms with Gasteiger partial charge in [0, 0.05) is 16.1 Å². The van der Waals surface area contributed by atoms with Gasteiger partial charge in [-0.05, 0) is 35.9 Å². The summed E-state index contributed by atoms with van der Waals surface area (Å²) in [6.07, 6.45) is 0. The zero-order valence-corrected chi connectivity index (χ0v) is 12.0.